The zero-order valence-corrected chi connectivity index (χ0v) is 25.9. The van der Waals surface area contributed by atoms with Gasteiger partial charge >= 0.3 is 67.8 Å². The number of carbonyl (C=O) groups excluding carboxylic acids is 2. The van der Waals surface area contributed by atoms with Gasteiger partial charge in [-0.25, -0.2) is 0 Å². The van der Waals surface area contributed by atoms with E-state index in [-0.39, 0.29) is 22.8 Å². The normalized spacial score (nSPS) is 43.6. The number of halogens is 2. The maximum atomic E-state index is 12.8. The fourth-order valence-corrected chi connectivity index (χ4v) is 10.0. The van der Waals surface area contributed by atoms with E-state index in [4.69, 9.17) is 14.2 Å². The van der Waals surface area contributed by atoms with Crippen LogP contribution in [0.3, 0.4) is 0 Å². The van der Waals surface area contributed by atoms with Gasteiger partial charge in [0.15, 0.2) is 0 Å². The summed E-state index contributed by atoms with van der Waals surface area (Å²) >= 11 is 4.74. The summed E-state index contributed by atoms with van der Waals surface area (Å²) < 4.78 is 16.3. The van der Waals surface area contributed by atoms with Crippen LogP contribution in [0.15, 0.2) is 0 Å². The first kappa shape index (κ1) is 26.5. The molecule has 8 aliphatic rings. The van der Waals surface area contributed by atoms with Gasteiger partial charge in [-0.15, -0.1) is 0 Å². The van der Waals surface area contributed by atoms with Crippen LogP contribution in [0.1, 0.15) is 89.9 Å². The van der Waals surface area contributed by atoms with Crippen molar-refractivity contribution in [2.75, 3.05) is 7.11 Å². The molecule has 5 nitrogen and oxygen atoms in total. The summed E-state index contributed by atoms with van der Waals surface area (Å²) in [4.78, 5) is 25.6. The molecule has 0 spiro atoms. The van der Waals surface area contributed by atoms with Gasteiger partial charge in [0.2, 0.25) is 0 Å². The van der Waals surface area contributed by atoms with Gasteiger partial charge in [0, 0.05) is 7.11 Å². The number of esters is 2. The Morgan fingerprint density at radius 3 is 1.21 bits per heavy atom. The van der Waals surface area contributed by atoms with E-state index in [9.17, 15) is 9.59 Å². The quantitative estimate of drug-likeness (QED) is 0.161. The van der Waals surface area contributed by atoms with Crippen LogP contribution in [-0.2, 0) is 33.3 Å². The van der Waals surface area contributed by atoms with Gasteiger partial charge < -0.3 is 14.2 Å². The van der Waals surface area contributed by atoms with Crippen molar-refractivity contribution in [3.8, 4) is 0 Å². The van der Waals surface area contributed by atoms with Gasteiger partial charge in [0.1, 0.15) is 0 Å². The minimum absolute atomic E-state index is 0.118. The first-order valence-corrected chi connectivity index (χ1v) is 22.2. The molecule has 0 unspecified atom stereocenters. The molecule has 0 radical (unpaired) electrons. The fourth-order valence-electron chi connectivity index (χ4n) is 10.0. The Kier molecular flexibility index (Phi) is 8.57. The summed E-state index contributed by atoms with van der Waals surface area (Å²) in [6.07, 6.45) is 16.0. The third-order valence-electron chi connectivity index (χ3n) is 10.0. The monoisotopic (exact) mass is 735 g/mol. The van der Waals surface area contributed by atoms with Crippen LogP contribution in [0.4, 0.5) is 0 Å². The van der Waals surface area contributed by atoms with E-state index in [2.05, 4.69) is 40.0 Å². The average Bonchev–Trinajstić information content (AvgIpc) is 2.70. The van der Waals surface area contributed by atoms with Gasteiger partial charge in [-0.2, -0.15) is 0 Å². The second-order valence-corrected chi connectivity index (χ2v) is 24.5. The summed E-state index contributed by atoms with van der Waals surface area (Å²) in [5, 5.41) is 0. The van der Waals surface area contributed by atoms with Gasteiger partial charge in [-0.1, -0.05) is 0 Å². The number of ether oxygens (including phenoxy) is 3. The van der Waals surface area contributed by atoms with Crippen molar-refractivity contribution in [1.29, 1.82) is 0 Å². The average molecular weight is 735 g/mol. The van der Waals surface area contributed by atoms with Crippen LogP contribution >= 0.6 is 40.0 Å². The number of rotatable bonds is 7. The Hall–Kier alpha value is 0.944. The second-order valence-electron chi connectivity index (χ2n) is 12.8. The number of hydrogen-bond donors (Lipinski definition) is 0. The SMILES string of the molecule is COC(OC(=O)CC12CC3CC(CC(C3)C1)C2)OC(=O)CC12CC3CC(CC(C3)C1)C2.[I][V][I]. The summed E-state index contributed by atoms with van der Waals surface area (Å²) in [6, 6.07) is 0. The molecule has 0 aromatic rings. The van der Waals surface area contributed by atoms with Crippen molar-refractivity contribution in [2.45, 2.75) is 96.4 Å². The van der Waals surface area contributed by atoms with Gasteiger partial charge in [0.25, 0.3) is 0 Å². The molecule has 0 aromatic heterocycles. The van der Waals surface area contributed by atoms with Crippen molar-refractivity contribution in [1.82, 2.24) is 0 Å². The predicted molar refractivity (Wildman–Crippen MR) is 141 cm³/mol. The Morgan fingerprint density at radius 2 is 0.971 bits per heavy atom. The van der Waals surface area contributed by atoms with E-state index < -0.39 is 6.48 Å². The topological polar surface area (TPSA) is 61.8 Å². The van der Waals surface area contributed by atoms with E-state index in [0.29, 0.717) is 22.3 Å². The standard InChI is InChI=1S/C26H38O5.2HI.V/c1-29-24(30-22(27)14-25-8-16-2-17(9-25)4-18(3-16)10-25)31-23(28)15-26-11-19-5-20(12-26)7-21(6-19)13-26;;;/h16-21,24H,2-15H2,1H3;2*1H;/q;;;+2/p-2. The summed E-state index contributed by atoms with van der Waals surface area (Å²) in [6.45, 7) is -1.21. The molecular weight excluding hydrogens is 697 g/mol. The van der Waals surface area contributed by atoms with Crippen LogP contribution in [0, 0.1) is 46.3 Å². The molecular formula is C26H38I2O5V. The molecule has 191 valence electrons. The first-order valence-electron chi connectivity index (χ1n) is 13.2. The number of hydrogen-bond acceptors (Lipinski definition) is 5. The molecule has 0 N–H and O–H groups in total. The first-order chi connectivity index (χ1) is 16.3. The van der Waals surface area contributed by atoms with Crippen LogP contribution in [-0.4, -0.2) is 25.5 Å². The molecule has 0 aliphatic heterocycles. The van der Waals surface area contributed by atoms with E-state index in [0.717, 1.165) is 35.5 Å². The Labute approximate surface area is 233 Å². The molecule has 8 heteroatoms. The second kappa shape index (κ2) is 11.0. The van der Waals surface area contributed by atoms with Crippen LogP contribution in [0.2, 0.25) is 0 Å². The predicted octanol–water partition coefficient (Wildman–Crippen LogP) is 6.98. The van der Waals surface area contributed by atoms with Crippen molar-refractivity contribution < 1.29 is 33.3 Å². The summed E-state index contributed by atoms with van der Waals surface area (Å²) in [5.74, 6) is 4.27. The molecule has 0 saturated heterocycles. The molecule has 8 aliphatic carbocycles. The molecule has 0 heterocycles. The van der Waals surface area contributed by atoms with E-state index >= 15 is 0 Å². The van der Waals surface area contributed by atoms with Gasteiger partial charge in [-0.05, 0) is 123 Å². The zero-order valence-electron chi connectivity index (χ0n) is 20.2. The van der Waals surface area contributed by atoms with Crippen molar-refractivity contribution in [3.63, 3.8) is 0 Å². The molecule has 8 fully saturated rings. The van der Waals surface area contributed by atoms with Crippen LogP contribution < -0.4 is 0 Å². The number of carbonyl (C=O) groups is 2. The maximum absolute atomic E-state index is 12.8. The molecule has 8 saturated carbocycles. The summed E-state index contributed by atoms with van der Waals surface area (Å²) in [7, 11) is 2.07. The minimum atomic E-state index is -1.21. The van der Waals surface area contributed by atoms with Crippen molar-refractivity contribution in [2.24, 2.45) is 46.3 Å². The van der Waals surface area contributed by atoms with Crippen LogP contribution in [0.25, 0.3) is 0 Å². The van der Waals surface area contributed by atoms with Crippen molar-refractivity contribution >= 4 is 51.9 Å². The summed E-state index contributed by atoms with van der Waals surface area (Å²) in [5.41, 5.74) is 0.237. The van der Waals surface area contributed by atoms with Crippen molar-refractivity contribution in [3.05, 3.63) is 0 Å². The fraction of sp³-hybridized carbons (Fsp3) is 0.923. The molecule has 0 amide bonds. The Morgan fingerprint density at radius 1 is 0.706 bits per heavy atom. The third-order valence-corrected chi connectivity index (χ3v) is 10.0. The van der Waals surface area contributed by atoms with E-state index in [1.165, 1.54) is 84.2 Å². The Bertz CT molecular complexity index is 644. The third kappa shape index (κ3) is 5.99. The molecule has 8 bridgehead atoms. The Balaban J connectivity index is 0.000000764. The van der Waals surface area contributed by atoms with Gasteiger partial charge in [-0.3, -0.25) is 9.59 Å². The number of methoxy groups -OCH3 is 1. The van der Waals surface area contributed by atoms with E-state index in [1.54, 1.807) is 0 Å². The molecule has 34 heavy (non-hydrogen) atoms. The van der Waals surface area contributed by atoms with Crippen LogP contribution in [0.5, 0.6) is 0 Å². The zero-order chi connectivity index (χ0) is 23.9. The molecule has 0 aromatic carbocycles. The van der Waals surface area contributed by atoms with E-state index in [1.807, 2.05) is 0 Å². The molecule has 8 rings (SSSR count). The van der Waals surface area contributed by atoms with Gasteiger partial charge in [0.05, 0.1) is 12.8 Å². The molecule has 0 atom stereocenters.